The molecule has 0 aromatic rings. The van der Waals surface area contributed by atoms with Gasteiger partial charge in [0.2, 0.25) is 0 Å². The zero-order chi connectivity index (χ0) is 7.14. The van der Waals surface area contributed by atoms with Gasteiger partial charge in [0.05, 0.1) is 0 Å². The summed E-state index contributed by atoms with van der Waals surface area (Å²) in [4.78, 5) is 2.58. The number of piperidine rings is 2. The van der Waals surface area contributed by atoms with E-state index in [9.17, 15) is 0 Å². The molecule has 1 atom stereocenters. The first-order valence-corrected chi connectivity index (χ1v) is 4.51. The summed E-state index contributed by atoms with van der Waals surface area (Å²) in [7, 11) is 2.29. The van der Waals surface area contributed by atoms with E-state index in [1.807, 2.05) is 0 Å². The van der Waals surface area contributed by atoms with Gasteiger partial charge in [-0.1, -0.05) is 0 Å². The predicted molar refractivity (Wildman–Crippen MR) is 43.0 cm³/mol. The molecule has 1 heteroatoms. The zero-order valence-corrected chi connectivity index (χ0v) is 7.01. The Kier molecular flexibility index (Phi) is 1.48. The Balaban J connectivity index is 2.13. The molecule has 1 saturated carbocycles. The average molecular weight is 139 g/mol. The summed E-state index contributed by atoms with van der Waals surface area (Å²) in [6.07, 6.45) is 5.92. The third kappa shape index (κ3) is 0.800. The van der Waals surface area contributed by atoms with Gasteiger partial charge in [-0.25, -0.2) is 0 Å². The molecule has 0 aromatic heterocycles. The van der Waals surface area contributed by atoms with E-state index in [0.717, 1.165) is 18.0 Å². The van der Waals surface area contributed by atoms with E-state index in [1.54, 1.807) is 0 Å². The lowest BCUT2D eigenvalue weighted by atomic mass is 9.76. The molecule has 3 fully saturated rings. The highest BCUT2D eigenvalue weighted by Gasteiger charge is 2.36. The average Bonchev–Trinajstić information content (AvgIpc) is 2.00. The number of hydrogen-bond donors (Lipinski definition) is 0. The van der Waals surface area contributed by atoms with Crippen molar-refractivity contribution in [3.05, 3.63) is 0 Å². The molecule has 3 aliphatic rings. The Morgan fingerprint density at radius 3 is 2.00 bits per heavy atom. The van der Waals surface area contributed by atoms with Crippen molar-refractivity contribution in [1.29, 1.82) is 0 Å². The van der Waals surface area contributed by atoms with Gasteiger partial charge < -0.3 is 4.90 Å². The normalized spacial score (nSPS) is 48.0. The minimum absolute atomic E-state index is 0.868. The molecule has 2 heterocycles. The molecule has 2 aliphatic heterocycles. The van der Waals surface area contributed by atoms with Crippen molar-refractivity contribution in [2.75, 3.05) is 7.05 Å². The third-order valence-corrected chi connectivity index (χ3v) is 3.64. The second-order valence-corrected chi connectivity index (χ2v) is 3.97. The van der Waals surface area contributed by atoms with Crippen molar-refractivity contribution >= 4 is 0 Å². The van der Waals surface area contributed by atoms with Crippen molar-refractivity contribution < 1.29 is 0 Å². The first-order valence-electron chi connectivity index (χ1n) is 4.51. The fourth-order valence-corrected chi connectivity index (χ4v) is 2.66. The van der Waals surface area contributed by atoms with E-state index in [2.05, 4.69) is 18.9 Å². The van der Waals surface area contributed by atoms with Crippen LogP contribution in [0.4, 0.5) is 0 Å². The smallest absolute Gasteiger partial charge is 0.00953 e. The minimum atomic E-state index is 0.868. The Hall–Kier alpha value is -0.0400. The van der Waals surface area contributed by atoms with Gasteiger partial charge in [0.1, 0.15) is 0 Å². The van der Waals surface area contributed by atoms with E-state index in [1.165, 1.54) is 25.7 Å². The third-order valence-electron chi connectivity index (χ3n) is 3.64. The maximum Gasteiger partial charge on any atom is 0.00953 e. The number of fused-ring (bicyclic) bond motifs is 3. The van der Waals surface area contributed by atoms with Crippen LogP contribution in [0.3, 0.4) is 0 Å². The standard InChI is InChI=1S/C9H17N/c1-7-8-3-5-9(6-4-8)10(7)2/h7-9H,3-6H2,1-2H3/t7-,8?,9?/m0/s1. The second kappa shape index (κ2) is 2.23. The van der Waals surface area contributed by atoms with Gasteiger partial charge >= 0.3 is 0 Å². The summed E-state index contributed by atoms with van der Waals surface area (Å²) in [6, 6.07) is 1.80. The Morgan fingerprint density at radius 2 is 1.70 bits per heavy atom. The quantitative estimate of drug-likeness (QED) is 0.495. The summed E-state index contributed by atoms with van der Waals surface area (Å²) < 4.78 is 0. The molecule has 1 aliphatic carbocycles. The van der Waals surface area contributed by atoms with Crippen LogP contribution in [0.15, 0.2) is 0 Å². The van der Waals surface area contributed by atoms with Gasteiger partial charge in [-0.05, 0) is 45.6 Å². The largest absolute Gasteiger partial charge is 0.300 e. The summed E-state index contributed by atoms with van der Waals surface area (Å²) >= 11 is 0. The predicted octanol–water partition coefficient (Wildman–Crippen LogP) is 1.88. The van der Waals surface area contributed by atoms with Gasteiger partial charge in [-0.2, -0.15) is 0 Å². The van der Waals surface area contributed by atoms with E-state index < -0.39 is 0 Å². The molecule has 2 saturated heterocycles. The number of hydrogen-bond acceptors (Lipinski definition) is 1. The lowest BCUT2D eigenvalue weighted by Crippen LogP contribution is -2.51. The van der Waals surface area contributed by atoms with E-state index in [4.69, 9.17) is 0 Å². The first kappa shape index (κ1) is 6.66. The van der Waals surface area contributed by atoms with Crippen LogP contribution in [-0.2, 0) is 0 Å². The summed E-state index contributed by atoms with van der Waals surface area (Å²) in [6.45, 7) is 2.38. The van der Waals surface area contributed by atoms with Crippen molar-refractivity contribution in [1.82, 2.24) is 4.90 Å². The molecule has 0 aromatic carbocycles. The highest BCUT2D eigenvalue weighted by molar-refractivity contribution is 4.91. The fourth-order valence-electron chi connectivity index (χ4n) is 2.66. The van der Waals surface area contributed by atoms with Crippen molar-refractivity contribution in [3.63, 3.8) is 0 Å². The topological polar surface area (TPSA) is 3.24 Å². The monoisotopic (exact) mass is 139 g/mol. The number of rotatable bonds is 0. The van der Waals surface area contributed by atoms with E-state index in [-0.39, 0.29) is 0 Å². The van der Waals surface area contributed by atoms with Crippen LogP contribution < -0.4 is 0 Å². The molecule has 58 valence electrons. The minimum Gasteiger partial charge on any atom is -0.300 e. The summed E-state index contributed by atoms with van der Waals surface area (Å²) in [5.74, 6) is 1.02. The van der Waals surface area contributed by atoms with Crippen molar-refractivity contribution in [3.8, 4) is 0 Å². The van der Waals surface area contributed by atoms with Crippen LogP contribution in [-0.4, -0.2) is 24.0 Å². The van der Waals surface area contributed by atoms with Crippen molar-refractivity contribution in [2.45, 2.75) is 44.7 Å². The van der Waals surface area contributed by atoms with Crippen LogP contribution in [0.5, 0.6) is 0 Å². The van der Waals surface area contributed by atoms with Gasteiger partial charge in [0.15, 0.2) is 0 Å². The molecule has 0 spiro atoms. The van der Waals surface area contributed by atoms with Gasteiger partial charge in [0.25, 0.3) is 0 Å². The van der Waals surface area contributed by atoms with Crippen LogP contribution >= 0.6 is 0 Å². The first-order chi connectivity index (χ1) is 4.79. The SMILES string of the molecule is C[C@H]1C2CCC(CC2)N1C. The van der Waals surface area contributed by atoms with Crippen LogP contribution in [0.25, 0.3) is 0 Å². The summed E-state index contributed by atoms with van der Waals surface area (Å²) in [5.41, 5.74) is 0. The zero-order valence-electron chi connectivity index (χ0n) is 7.01. The second-order valence-electron chi connectivity index (χ2n) is 3.97. The lowest BCUT2D eigenvalue weighted by Gasteiger charge is -2.48. The molecule has 2 bridgehead atoms. The molecule has 0 unspecified atom stereocenters. The lowest BCUT2D eigenvalue weighted by molar-refractivity contribution is 0.0184. The van der Waals surface area contributed by atoms with E-state index >= 15 is 0 Å². The maximum absolute atomic E-state index is 2.58. The van der Waals surface area contributed by atoms with Gasteiger partial charge in [-0.15, -0.1) is 0 Å². The Labute approximate surface area is 63.4 Å². The molecule has 0 N–H and O–H groups in total. The number of nitrogens with zero attached hydrogens (tertiary/aromatic N) is 1. The Bertz CT molecular complexity index is 105. The van der Waals surface area contributed by atoms with Gasteiger partial charge in [-0.3, -0.25) is 0 Å². The van der Waals surface area contributed by atoms with Crippen LogP contribution in [0.1, 0.15) is 32.6 Å². The molecule has 0 amide bonds. The molecular formula is C9H17N. The van der Waals surface area contributed by atoms with Crippen LogP contribution in [0.2, 0.25) is 0 Å². The van der Waals surface area contributed by atoms with E-state index in [0.29, 0.717) is 0 Å². The highest BCUT2D eigenvalue weighted by atomic mass is 15.2. The molecule has 3 rings (SSSR count). The fraction of sp³-hybridized carbons (Fsp3) is 1.00. The molecular weight excluding hydrogens is 122 g/mol. The molecule has 0 radical (unpaired) electrons. The maximum atomic E-state index is 2.58. The van der Waals surface area contributed by atoms with Crippen LogP contribution in [0, 0.1) is 5.92 Å². The highest BCUT2D eigenvalue weighted by Crippen LogP contribution is 2.37. The van der Waals surface area contributed by atoms with Crippen molar-refractivity contribution in [2.24, 2.45) is 5.92 Å². The Morgan fingerprint density at radius 1 is 1.10 bits per heavy atom. The molecule has 1 nitrogen and oxygen atoms in total. The van der Waals surface area contributed by atoms with Gasteiger partial charge in [0, 0.05) is 12.1 Å². The molecule has 10 heavy (non-hydrogen) atoms. The summed E-state index contributed by atoms with van der Waals surface area (Å²) in [5, 5.41) is 0.